The zero-order valence-electron chi connectivity index (χ0n) is 10.3. The summed E-state index contributed by atoms with van der Waals surface area (Å²) in [6, 6.07) is -0.330. The molecule has 0 aliphatic heterocycles. The van der Waals surface area contributed by atoms with Gasteiger partial charge in [0.25, 0.3) is 0 Å². The Bertz CT molecular complexity index is 181. The first kappa shape index (κ1) is 16.5. The number of nitrogens with two attached hydrogens (primary N) is 1. The van der Waals surface area contributed by atoms with Crippen LogP contribution >= 0.6 is 0 Å². The van der Waals surface area contributed by atoms with Crippen LogP contribution in [-0.4, -0.2) is 24.3 Å². The molecule has 0 saturated heterocycles. The van der Waals surface area contributed by atoms with Gasteiger partial charge in [0.2, 0.25) is 5.91 Å². The molecule has 0 bridgehead atoms. The van der Waals surface area contributed by atoms with Gasteiger partial charge >= 0.3 is 0 Å². The summed E-state index contributed by atoms with van der Waals surface area (Å²) in [6.07, 6.45) is 2.45. The Hall–Kier alpha value is -0.900. The Morgan fingerprint density at radius 1 is 1.20 bits per heavy atom. The summed E-state index contributed by atoms with van der Waals surface area (Å²) in [7, 11) is 0. The van der Waals surface area contributed by atoms with Gasteiger partial charge in [-0.3, -0.25) is 9.59 Å². The molecular weight excluding hydrogens is 192 g/mol. The van der Waals surface area contributed by atoms with E-state index in [2.05, 4.69) is 5.32 Å². The summed E-state index contributed by atoms with van der Waals surface area (Å²) in [6.45, 7) is 7.53. The van der Waals surface area contributed by atoms with Crippen LogP contribution in [0.15, 0.2) is 0 Å². The molecule has 3 N–H and O–H groups in total. The lowest BCUT2D eigenvalue weighted by molar-refractivity contribution is -0.125. The fourth-order valence-corrected chi connectivity index (χ4v) is 1.12. The number of amides is 1. The van der Waals surface area contributed by atoms with Gasteiger partial charge in [-0.1, -0.05) is 13.8 Å². The quantitative estimate of drug-likeness (QED) is 0.656. The van der Waals surface area contributed by atoms with E-state index in [1.165, 1.54) is 13.8 Å². The minimum Gasteiger partial charge on any atom is -0.347 e. The van der Waals surface area contributed by atoms with Gasteiger partial charge in [-0.2, -0.15) is 0 Å². The van der Waals surface area contributed by atoms with Crippen LogP contribution in [0.3, 0.4) is 0 Å². The second-order valence-corrected chi connectivity index (χ2v) is 3.15. The Kier molecular flexibility index (Phi) is 12.3. The summed E-state index contributed by atoms with van der Waals surface area (Å²) in [5, 5.41) is 2.61. The van der Waals surface area contributed by atoms with Gasteiger partial charge in [0.05, 0.1) is 6.04 Å². The molecule has 0 aliphatic rings. The first-order chi connectivity index (χ1) is 7.07. The Morgan fingerprint density at radius 3 is 2.07 bits per heavy atom. The highest BCUT2D eigenvalue weighted by Gasteiger charge is 2.13. The van der Waals surface area contributed by atoms with Crippen molar-refractivity contribution in [2.24, 2.45) is 5.73 Å². The molecule has 90 valence electrons. The number of hydrogen-bond donors (Lipinski definition) is 2. The van der Waals surface area contributed by atoms with Crippen molar-refractivity contribution in [2.45, 2.75) is 53.0 Å². The normalized spacial score (nSPS) is 11.0. The minimum atomic E-state index is -0.330. The maximum atomic E-state index is 11.0. The van der Waals surface area contributed by atoms with Crippen molar-refractivity contribution in [3.8, 4) is 0 Å². The van der Waals surface area contributed by atoms with Crippen molar-refractivity contribution in [2.75, 3.05) is 6.54 Å². The molecule has 0 fully saturated rings. The van der Waals surface area contributed by atoms with Crippen LogP contribution in [0.25, 0.3) is 0 Å². The Balaban J connectivity index is 0. The molecule has 4 nitrogen and oxygen atoms in total. The van der Waals surface area contributed by atoms with Gasteiger partial charge in [-0.05, 0) is 32.7 Å². The van der Waals surface area contributed by atoms with Crippen molar-refractivity contribution in [1.29, 1.82) is 0 Å². The predicted octanol–water partition coefficient (Wildman–Crippen LogP) is 1.24. The number of hydrogen-bond acceptors (Lipinski definition) is 3. The van der Waals surface area contributed by atoms with Crippen LogP contribution in [0.4, 0.5) is 0 Å². The Morgan fingerprint density at radius 2 is 1.73 bits per heavy atom. The molecule has 0 aliphatic carbocycles. The number of rotatable bonds is 6. The summed E-state index contributed by atoms with van der Waals surface area (Å²) >= 11 is 0. The summed E-state index contributed by atoms with van der Waals surface area (Å²) in [5.41, 5.74) is 5.32. The SMILES string of the molecule is CC.CC(=O)NC(CCCCN)C(C)=O. The second-order valence-electron chi connectivity index (χ2n) is 3.15. The first-order valence-corrected chi connectivity index (χ1v) is 5.55. The second kappa shape index (κ2) is 11.2. The lowest BCUT2D eigenvalue weighted by Crippen LogP contribution is -2.38. The van der Waals surface area contributed by atoms with Gasteiger partial charge in [-0.25, -0.2) is 0 Å². The molecule has 0 saturated carbocycles. The largest absolute Gasteiger partial charge is 0.347 e. The van der Waals surface area contributed by atoms with E-state index < -0.39 is 0 Å². The molecule has 0 aromatic heterocycles. The highest BCUT2D eigenvalue weighted by Crippen LogP contribution is 2.01. The van der Waals surface area contributed by atoms with Crippen molar-refractivity contribution in [1.82, 2.24) is 5.32 Å². The molecule has 0 spiro atoms. The number of carbonyl (C=O) groups is 2. The van der Waals surface area contributed by atoms with E-state index in [4.69, 9.17) is 5.73 Å². The molecular formula is C11H24N2O2. The summed E-state index contributed by atoms with van der Waals surface area (Å²) in [5.74, 6) is -0.153. The fraction of sp³-hybridized carbons (Fsp3) is 0.818. The van der Waals surface area contributed by atoms with Gasteiger partial charge in [0, 0.05) is 6.92 Å². The third-order valence-corrected chi connectivity index (χ3v) is 1.82. The van der Waals surface area contributed by atoms with E-state index in [1.54, 1.807) is 0 Å². The molecule has 1 atom stereocenters. The highest BCUT2D eigenvalue weighted by atomic mass is 16.2. The zero-order chi connectivity index (χ0) is 12.3. The van der Waals surface area contributed by atoms with Crippen LogP contribution in [0.2, 0.25) is 0 Å². The van der Waals surface area contributed by atoms with Gasteiger partial charge in [0.15, 0.2) is 5.78 Å². The molecule has 0 aromatic rings. The molecule has 1 unspecified atom stereocenters. The average Bonchev–Trinajstić information content (AvgIpc) is 2.19. The lowest BCUT2D eigenvalue weighted by atomic mass is 10.1. The third kappa shape index (κ3) is 11.0. The van der Waals surface area contributed by atoms with Crippen LogP contribution in [-0.2, 0) is 9.59 Å². The van der Waals surface area contributed by atoms with Crippen molar-refractivity contribution < 1.29 is 9.59 Å². The monoisotopic (exact) mass is 216 g/mol. The number of unbranched alkanes of at least 4 members (excludes halogenated alkanes) is 1. The first-order valence-electron chi connectivity index (χ1n) is 5.55. The van der Waals surface area contributed by atoms with E-state index >= 15 is 0 Å². The van der Waals surface area contributed by atoms with E-state index in [9.17, 15) is 9.59 Å². The predicted molar refractivity (Wildman–Crippen MR) is 62.5 cm³/mol. The standard InChI is InChI=1S/C9H18N2O2.C2H6/c1-7(12)9(11-8(2)13)5-3-4-6-10;1-2/h9H,3-6,10H2,1-2H3,(H,11,13);1-2H3. The summed E-state index contributed by atoms with van der Waals surface area (Å²) in [4.78, 5) is 21.7. The van der Waals surface area contributed by atoms with Gasteiger partial charge < -0.3 is 11.1 Å². The third-order valence-electron chi connectivity index (χ3n) is 1.82. The molecule has 4 heteroatoms. The molecule has 0 radical (unpaired) electrons. The number of carbonyl (C=O) groups excluding carboxylic acids is 2. The molecule has 1 amide bonds. The van der Waals surface area contributed by atoms with Gasteiger partial charge in [-0.15, -0.1) is 0 Å². The van der Waals surface area contributed by atoms with Crippen molar-refractivity contribution in [3.63, 3.8) is 0 Å². The lowest BCUT2D eigenvalue weighted by Gasteiger charge is -2.13. The van der Waals surface area contributed by atoms with Crippen LogP contribution in [0.5, 0.6) is 0 Å². The maximum absolute atomic E-state index is 11.0. The van der Waals surface area contributed by atoms with E-state index in [-0.39, 0.29) is 17.7 Å². The number of nitrogens with one attached hydrogen (secondary N) is 1. The topological polar surface area (TPSA) is 72.2 Å². The Labute approximate surface area is 92.6 Å². The number of ketones is 1. The van der Waals surface area contributed by atoms with Crippen molar-refractivity contribution in [3.05, 3.63) is 0 Å². The zero-order valence-corrected chi connectivity index (χ0v) is 10.3. The van der Waals surface area contributed by atoms with Crippen LogP contribution in [0, 0.1) is 0 Å². The van der Waals surface area contributed by atoms with Crippen molar-refractivity contribution >= 4 is 11.7 Å². The molecule has 0 heterocycles. The smallest absolute Gasteiger partial charge is 0.217 e. The number of Topliss-reactive ketones (excluding diaryl/α,β-unsaturated/α-hetero) is 1. The van der Waals surface area contributed by atoms with E-state index in [0.717, 1.165) is 12.8 Å². The van der Waals surface area contributed by atoms with E-state index in [0.29, 0.717) is 13.0 Å². The van der Waals surface area contributed by atoms with Crippen LogP contribution in [0.1, 0.15) is 47.0 Å². The maximum Gasteiger partial charge on any atom is 0.217 e. The van der Waals surface area contributed by atoms with E-state index in [1.807, 2.05) is 13.8 Å². The molecule has 15 heavy (non-hydrogen) atoms. The highest BCUT2D eigenvalue weighted by molar-refractivity contribution is 5.86. The molecule has 0 rings (SSSR count). The fourth-order valence-electron chi connectivity index (χ4n) is 1.12. The minimum absolute atomic E-state index is 0.00669. The molecule has 0 aromatic carbocycles. The van der Waals surface area contributed by atoms with Crippen LogP contribution < -0.4 is 11.1 Å². The average molecular weight is 216 g/mol. The summed E-state index contributed by atoms with van der Waals surface area (Å²) < 4.78 is 0. The van der Waals surface area contributed by atoms with Gasteiger partial charge in [0.1, 0.15) is 0 Å².